The summed E-state index contributed by atoms with van der Waals surface area (Å²) >= 11 is 1.65. The van der Waals surface area contributed by atoms with E-state index in [9.17, 15) is 4.79 Å². The molecule has 3 N–H and O–H groups in total. The molecule has 1 heterocycles. The molecule has 0 radical (unpaired) electrons. The van der Waals surface area contributed by atoms with E-state index in [4.69, 9.17) is 0 Å². The molecule has 0 aromatic heterocycles. The highest BCUT2D eigenvalue weighted by Gasteiger charge is 2.10. The minimum atomic E-state index is -0.216. The van der Waals surface area contributed by atoms with Crippen molar-refractivity contribution in [3.63, 3.8) is 0 Å². The lowest BCUT2D eigenvalue weighted by Gasteiger charge is -2.18. The number of amides is 2. The molecule has 0 saturated heterocycles. The van der Waals surface area contributed by atoms with Crippen molar-refractivity contribution in [2.24, 2.45) is 0 Å². The fraction of sp³-hybridized carbons (Fsp3) is 0.235. The third-order valence-corrected chi connectivity index (χ3v) is 4.40. The summed E-state index contributed by atoms with van der Waals surface area (Å²) < 4.78 is 0. The molecule has 4 nitrogen and oxygen atoms in total. The molecular weight excluding hydrogens is 294 g/mol. The van der Waals surface area contributed by atoms with Crippen LogP contribution >= 0.6 is 11.8 Å². The Hall–Kier alpha value is -1.98. The van der Waals surface area contributed by atoms with Gasteiger partial charge in [-0.1, -0.05) is 12.1 Å². The fourth-order valence-electron chi connectivity index (χ4n) is 2.55. The number of anilines is 2. The van der Waals surface area contributed by atoms with E-state index in [-0.39, 0.29) is 6.03 Å². The van der Waals surface area contributed by atoms with Gasteiger partial charge in [0.1, 0.15) is 0 Å². The molecule has 2 aromatic carbocycles. The van der Waals surface area contributed by atoms with Crippen LogP contribution in [-0.4, -0.2) is 18.8 Å². The molecule has 0 atom stereocenters. The lowest BCUT2D eigenvalue weighted by atomic mass is 10.0. The molecule has 2 aromatic rings. The number of nitrogens with one attached hydrogen (secondary N) is 3. The number of hydrogen-bond donors (Lipinski definition) is 3. The van der Waals surface area contributed by atoms with Crippen LogP contribution in [0.1, 0.15) is 11.1 Å². The largest absolute Gasteiger partial charge is 0.323 e. The Morgan fingerprint density at radius 3 is 2.73 bits per heavy atom. The Morgan fingerprint density at radius 2 is 1.91 bits per heavy atom. The number of carbonyl (C=O) groups excluding carboxylic acids is 1. The standard InChI is InChI=1S/C17H19N3OS/c1-22-16-4-2-3-14(10-16)19-17(21)20-15-6-5-13-11-18-8-7-12(13)9-15/h2-6,9-10,18H,7-8,11H2,1H3,(H2,19,20,21). The Kier molecular flexibility index (Phi) is 4.65. The van der Waals surface area contributed by atoms with Crippen LogP contribution in [0.3, 0.4) is 0 Å². The van der Waals surface area contributed by atoms with Crippen LogP contribution in [0.15, 0.2) is 47.4 Å². The average Bonchev–Trinajstić information content (AvgIpc) is 2.55. The molecule has 0 unspecified atom stereocenters. The van der Waals surface area contributed by atoms with Gasteiger partial charge >= 0.3 is 6.03 Å². The molecule has 1 aliphatic heterocycles. The monoisotopic (exact) mass is 313 g/mol. The number of hydrogen-bond acceptors (Lipinski definition) is 3. The summed E-state index contributed by atoms with van der Waals surface area (Å²) in [6, 6.07) is 13.7. The van der Waals surface area contributed by atoms with Crippen molar-refractivity contribution in [2.45, 2.75) is 17.9 Å². The van der Waals surface area contributed by atoms with E-state index in [1.807, 2.05) is 36.6 Å². The second kappa shape index (κ2) is 6.85. The molecule has 0 aliphatic carbocycles. The first-order valence-corrected chi connectivity index (χ1v) is 8.51. The minimum absolute atomic E-state index is 0.216. The number of thioether (sulfide) groups is 1. The number of carbonyl (C=O) groups is 1. The lowest BCUT2D eigenvalue weighted by molar-refractivity contribution is 0.262. The van der Waals surface area contributed by atoms with Crippen LogP contribution < -0.4 is 16.0 Å². The second-order valence-corrected chi connectivity index (χ2v) is 6.10. The van der Waals surface area contributed by atoms with E-state index in [0.717, 1.165) is 35.8 Å². The maximum atomic E-state index is 12.1. The van der Waals surface area contributed by atoms with Gasteiger partial charge in [-0.2, -0.15) is 0 Å². The summed E-state index contributed by atoms with van der Waals surface area (Å²) in [6.45, 7) is 1.90. The van der Waals surface area contributed by atoms with Gasteiger partial charge in [0.15, 0.2) is 0 Å². The Bertz CT molecular complexity index is 687. The summed E-state index contributed by atoms with van der Waals surface area (Å²) in [4.78, 5) is 13.2. The van der Waals surface area contributed by atoms with Gasteiger partial charge in [-0.15, -0.1) is 11.8 Å². The first-order valence-electron chi connectivity index (χ1n) is 7.29. The molecule has 3 rings (SSSR count). The molecule has 5 heteroatoms. The van der Waals surface area contributed by atoms with Crippen molar-refractivity contribution < 1.29 is 4.79 Å². The third-order valence-electron chi connectivity index (χ3n) is 3.68. The maximum Gasteiger partial charge on any atom is 0.323 e. The van der Waals surface area contributed by atoms with E-state index < -0.39 is 0 Å². The van der Waals surface area contributed by atoms with Gasteiger partial charge in [0.25, 0.3) is 0 Å². The number of urea groups is 1. The van der Waals surface area contributed by atoms with Crippen molar-refractivity contribution in [1.29, 1.82) is 0 Å². The summed E-state index contributed by atoms with van der Waals surface area (Å²) in [5, 5.41) is 9.11. The predicted octanol–water partition coefficient (Wildman–Crippen LogP) is 3.70. The first-order chi connectivity index (χ1) is 10.7. The molecule has 0 saturated carbocycles. The molecule has 2 amide bonds. The zero-order valence-corrected chi connectivity index (χ0v) is 13.3. The molecular formula is C17H19N3OS. The van der Waals surface area contributed by atoms with Crippen LogP contribution in [0.4, 0.5) is 16.2 Å². The highest BCUT2D eigenvalue weighted by molar-refractivity contribution is 7.98. The molecule has 114 valence electrons. The fourth-order valence-corrected chi connectivity index (χ4v) is 3.01. The predicted molar refractivity (Wildman–Crippen MR) is 92.7 cm³/mol. The van der Waals surface area contributed by atoms with Gasteiger partial charge < -0.3 is 16.0 Å². The molecule has 0 spiro atoms. The number of fused-ring (bicyclic) bond motifs is 1. The van der Waals surface area contributed by atoms with Gasteiger partial charge in [0, 0.05) is 22.8 Å². The van der Waals surface area contributed by atoms with Crippen LogP contribution in [0.2, 0.25) is 0 Å². The van der Waals surface area contributed by atoms with Crippen molar-refractivity contribution in [1.82, 2.24) is 5.32 Å². The molecule has 0 bridgehead atoms. The highest BCUT2D eigenvalue weighted by Crippen LogP contribution is 2.21. The van der Waals surface area contributed by atoms with Crippen molar-refractivity contribution in [2.75, 3.05) is 23.4 Å². The average molecular weight is 313 g/mol. The lowest BCUT2D eigenvalue weighted by Crippen LogP contribution is -2.24. The zero-order valence-electron chi connectivity index (χ0n) is 12.5. The van der Waals surface area contributed by atoms with E-state index in [1.165, 1.54) is 11.1 Å². The zero-order chi connectivity index (χ0) is 15.4. The quantitative estimate of drug-likeness (QED) is 0.757. The molecule has 0 fully saturated rings. The Labute approximate surface area is 134 Å². The molecule has 1 aliphatic rings. The van der Waals surface area contributed by atoms with Crippen LogP contribution in [-0.2, 0) is 13.0 Å². The number of rotatable bonds is 3. The highest BCUT2D eigenvalue weighted by atomic mass is 32.2. The van der Waals surface area contributed by atoms with Crippen molar-refractivity contribution >= 4 is 29.2 Å². The topological polar surface area (TPSA) is 53.2 Å². The van der Waals surface area contributed by atoms with Crippen molar-refractivity contribution in [3.05, 3.63) is 53.6 Å². The second-order valence-electron chi connectivity index (χ2n) is 5.22. The van der Waals surface area contributed by atoms with E-state index in [2.05, 4.69) is 28.1 Å². The SMILES string of the molecule is CSc1cccc(NC(=O)Nc2ccc3c(c2)CCNC3)c1. The van der Waals surface area contributed by atoms with Gasteiger partial charge in [-0.25, -0.2) is 4.79 Å². The normalized spacial score (nSPS) is 13.3. The summed E-state index contributed by atoms with van der Waals surface area (Å²) in [6.07, 6.45) is 3.02. The van der Waals surface area contributed by atoms with Crippen molar-refractivity contribution in [3.8, 4) is 0 Å². The smallest absolute Gasteiger partial charge is 0.312 e. The summed E-state index contributed by atoms with van der Waals surface area (Å²) in [5.74, 6) is 0. The van der Waals surface area contributed by atoms with Crippen LogP contribution in [0, 0.1) is 0 Å². The van der Waals surface area contributed by atoms with E-state index >= 15 is 0 Å². The molecule has 22 heavy (non-hydrogen) atoms. The van der Waals surface area contributed by atoms with Crippen LogP contribution in [0.25, 0.3) is 0 Å². The van der Waals surface area contributed by atoms with E-state index in [0.29, 0.717) is 0 Å². The summed E-state index contributed by atoms with van der Waals surface area (Å²) in [7, 11) is 0. The van der Waals surface area contributed by atoms with Gasteiger partial charge in [-0.05, 0) is 60.7 Å². The number of benzene rings is 2. The Morgan fingerprint density at radius 1 is 1.09 bits per heavy atom. The van der Waals surface area contributed by atoms with Crippen LogP contribution in [0.5, 0.6) is 0 Å². The first kappa shape index (κ1) is 14.9. The van der Waals surface area contributed by atoms with E-state index in [1.54, 1.807) is 11.8 Å². The minimum Gasteiger partial charge on any atom is -0.312 e. The third kappa shape index (κ3) is 3.61. The van der Waals surface area contributed by atoms with Gasteiger partial charge in [0.2, 0.25) is 0 Å². The Balaban J connectivity index is 1.66. The maximum absolute atomic E-state index is 12.1. The van der Waals surface area contributed by atoms with Gasteiger partial charge in [-0.3, -0.25) is 0 Å². The van der Waals surface area contributed by atoms with Gasteiger partial charge in [0.05, 0.1) is 0 Å². The summed E-state index contributed by atoms with van der Waals surface area (Å²) in [5.41, 5.74) is 4.25.